The molecule has 0 aliphatic carbocycles. The standard InChI is InChI=1S/C25H27NO4S2/c1-5-12-26-24(27)23(32-25(26)31)16-19-10-11-21(22(15-19)28-4)30-14-7-13-29-20-9-6-8-17(2)18(20)3/h5-6,8-11,15-16H,1,7,12-14H2,2-4H3. The van der Waals surface area contributed by atoms with Gasteiger partial charge in [0.25, 0.3) is 5.91 Å². The van der Waals surface area contributed by atoms with Gasteiger partial charge >= 0.3 is 0 Å². The molecule has 7 heteroatoms. The molecule has 32 heavy (non-hydrogen) atoms. The minimum Gasteiger partial charge on any atom is -0.493 e. The van der Waals surface area contributed by atoms with Gasteiger partial charge in [-0.1, -0.05) is 48.3 Å². The number of rotatable bonds is 10. The zero-order valence-corrected chi connectivity index (χ0v) is 20.2. The minimum atomic E-state index is -0.108. The maximum atomic E-state index is 12.5. The van der Waals surface area contributed by atoms with E-state index in [1.54, 1.807) is 13.2 Å². The molecular weight excluding hydrogens is 442 g/mol. The molecule has 1 heterocycles. The van der Waals surface area contributed by atoms with Crippen LogP contribution in [0.5, 0.6) is 17.2 Å². The van der Waals surface area contributed by atoms with Crippen LogP contribution in [0.2, 0.25) is 0 Å². The maximum absolute atomic E-state index is 12.5. The minimum absolute atomic E-state index is 0.108. The zero-order chi connectivity index (χ0) is 23.1. The Bertz CT molecular complexity index is 1050. The number of carbonyl (C=O) groups excluding carboxylic acids is 1. The van der Waals surface area contributed by atoms with E-state index in [9.17, 15) is 4.79 Å². The molecule has 2 aromatic rings. The third-order valence-corrected chi connectivity index (χ3v) is 6.41. The molecule has 0 saturated carbocycles. The molecule has 0 atom stereocenters. The van der Waals surface area contributed by atoms with Crippen LogP contribution in [0, 0.1) is 13.8 Å². The van der Waals surface area contributed by atoms with Crippen molar-refractivity contribution in [3.05, 3.63) is 70.6 Å². The summed E-state index contributed by atoms with van der Waals surface area (Å²) in [6, 6.07) is 11.6. The second-order valence-corrected chi connectivity index (χ2v) is 8.92. The van der Waals surface area contributed by atoms with Crippen molar-refractivity contribution in [3.63, 3.8) is 0 Å². The Kier molecular flexibility index (Phi) is 8.36. The van der Waals surface area contributed by atoms with Crippen LogP contribution in [-0.4, -0.2) is 42.0 Å². The van der Waals surface area contributed by atoms with Gasteiger partial charge in [0.05, 0.1) is 25.2 Å². The molecule has 1 aliphatic rings. The normalized spacial score (nSPS) is 14.7. The molecule has 2 aromatic carbocycles. The number of hydrogen-bond donors (Lipinski definition) is 0. The Balaban J connectivity index is 1.57. The van der Waals surface area contributed by atoms with Crippen LogP contribution in [-0.2, 0) is 4.79 Å². The highest BCUT2D eigenvalue weighted by molar-refractivity contribution is 8.26. The monoisotopic (exact) mass is 469 g/mol. The summed E-state index contributed by atoms with van der Waals surface area (Å²) in [4.78, 5) is 14.6. The van der Waals surface area contributed by atoms with Gasteiger partial charge in [-0.2, -0.15) is 0 Å². The maximum Gasteiger partial charge on any atom is 0.266 e. The molecule has 0 spiro atoms. The molecular formula is C25H27NO4S2. The van der Waals surface area contributed by atoms with Crippen LogP contribution in [0.25, 0.3) is 6.08 Å². The van der Waals surface area contributed by atoms with Crippen molar-refractivity contribution in [3.8, 4) is 17.2 Å². The van der Waals surface area contributed by atoms with Crippen molar-refractivity contribution < 1.29 is 19.0 Å². The van der Waals surface area contributed by atoms with Crippen molar-refractivity contribution >= 4 is 40.3 Å². The van der Waals surface area contributed by atoms with Crippen molar-refractivity contribution in [2.75, 3.05) is 26.9 Å². The first-order valence-electron chi connectivity index (χ1n) is 10.3. The quantitative estimate of drug-likeness (QED) is 0.197. The van der Waals surface area contributed by atoms with Gasteiger partial charge in [-0.25, -0.2) is 0 Å². The summed E-state index contributed by atoms with van der Waals surface area (Å²) < 4.78 is 17.8. The fourth-order valence-corrected chi connectivity index (χ4v) is 4.41. The number of hydrogen-bond acceptors (Lipinski definition) is 6. The smallest absolute Gasteiger partial charge is 0.266 e. The highest BCUT2D eigenvalue weighted by Gasteiger charge is 2.31. The first-order valence-corrected chi connectivity index (χ1v) is 11.5. The first kappa shape index (κ1) is 23.9. The van der Waals surface area contributed by atoms with Gasteiger partial charge in [0, 0.05) is 13.0 Å². The number of aryl methyl sites for hydroxylation is 1. The van der Waals surface area contributed by atoms with E-state index in [-0.39, 0.29) is 5.91 Å². The molecule has 0 unspecified atom stereocenters. The molecule has 1 fully saturated rings. The van der Waals surface area contributed by atoms with Crippen LogP contribution >= 0.6 is 24.0 Å². The summed E-state index contributed by atoms with van der Waals surface area (Å²) in [6.45, 7) is 9.28. The van der Waals surface area contributed by atoms with E-state index in [0.717, 1.165) is 23.3 Å². The van der Waals surface area contributed by atoms with E-state index in [1.165, 1.54) is 22.2 Å². The molecule has 0 bridgehead atoms. The summed E-state index contributed by atoms with van der Waals surface area (Å²) in [6.07, 6.45) is 4.22. The molecule has 5 nitrogen and oxygen atoms in total. The molecule has 168 valence electrons. The Morgan fingerprint density at radius 1 is 1.09 bits per heavy atom. The average molecular weight is 470 g/mol. The van der Waals surface area contributed by atoms with E-state index < -0.39 is 0 Å². The highest BCUT2D eigenvalue weighted by Crippen LogP contribution is 2.34. The summed E-state index contributed by atoms with van der Waals surface area (Å²) in [5, 5.41) is 0. The SMILES string of the molecule is C=CCN1C(=O)C(=Cc2ccc(OCCCOc3cccc(C)c3C)c(OC)c2)SC1=S. The average Bonchev–Trinajstić information content (AvgIpc) is 3.04. The van der Waals surface area contributed by atoms with Crippen LogP contribution in [0.4, 0.5) is 0 Å². The van der Waals surface area contributed by atoms with Gasteiger partial charge in [-0.3, -0.25) is 9.69 Å². The highest BCUT2D eigenvalue weighted by atomic mass is 32.2. The van der Waals surface area contributed by atoms with Gasteiger partial charge in [0.15, 0.2) is 11.5 Å². The Labute approximate surface area is 199 Å². The summed E-state index contributed by atoms with van der Waals surface area (Å²) in [5.74, 6) is 2.06. The lowest BCUT2D eigenvalue weighted by Crippen LogP contribution is -2.27. The van der Waals surface area contributed by atoms with Gasteiger partial charge in [0.2, 0.25) is 0 Å². The number of ether oxygens (including phenoxy) is 3. The van der Waals surface area contributed by atoms with Crippen LogP contribution < -0.4 is 14.2 Å². The first-order chi connectivity index (χ1) is 15.4. The third-order valence-electron chi connectivity index (χ3n) is 5.03. The van der Waals surface area contributed by atoms with Crippen molar-refractivity contribution in [1.29, 1.82) is 0 Å². The van der Waals surface area contributed by atoms with Gasteiger partial charge in [0.1, 0.15) is 10.1 Å². The lowest BCUT2D eigenvalue weighted by atomic mass is 10.1. The van der Waals surface area contributed by atoms with E-state index in [4.69, 9.17) is 26.4 Å². The number of thioether (sulfide) groups is 1. The molecule has 1 saturated heterocycles. The van der Waals surface area contributed by atoms with Crippen LogP contribution in [0.3, 0.4) is 0 Å². The summed E-state index contributed by atoms with van der Waals surface area (Å²) in [5.41, 5.74) is 3.21. The van der Waals surface area contributed by atoms with E-state index in [1.807, 2.05) is 36.4 Å². The number of nitrogens with zero attached hydrogens (tertiary/aromatic N) is 1. The fourth-order valence-electron chi connectivity index (χ4n) is 3.13. The summed E-state index contributed by atoms with van der Waals surface area (Å²) >= 11 is 6.57. The Morgan fingerprint density at radius 2 is 1.84 bits per heavy atom. The fraction of sp³-hybridized carbons (Fsp3) is 0.280. The number of carbonyl (C=O) groups is 1. The zero-order valence-electron chi connectivity index (χ0n) is 18.6. The lowest BCUT2D eigenvalue weighted by molar-refractivity contribution is -0.121. The Morgan fingerprint density at radius 3 is 2.56 bits per heavy atom. The van der Waals surface area contributed by atoms with E-state index in [0.29, 0.717) is 40.5 Å². The topological polar surface area (TPSA) is 48.0 Å². The number of methoxy groups -OCH3 is 1. The van der Waals surface area contributed by atoms with Crippen LogP contribution in [0.1, 0.15) is 23.1 Å². The largest absolute Gasteiger partial charge is 0.493 e. The van der Waals surface area contributed by atoms with Crippen LogP contribution in [0.15, 0.2) is 54.0 Å². The molecule has 0 N–H and O–H groups in total. The van der Waals surface area contributed by atoms with Gasteiger partial charge < -0.3 is 14.2 Å². The van der Waals surface area contributed by atoms with Crippen molar-refractivity contribution in [2.24, 2.45) is 0 Å². The molecule has 1 amide bonds. The molecule has 1 aliphatic heterocycles. The van der Waals surface area contributed by atoms with E-state index in [2.05, 4.69) is 26.5 Å². The van der Waals surface area contributed by atoms with Gasteiger partial charge in [-0.05, 0) is 54.8 Å². The molecule has 0 aromatic heterocycles. The number of amides is 1. The van der Waals surface area contributed by atoms with Crippen molar-refractivity contribution in [1.82, 2.24) is 4.90 Å². The second kappa shape index (κ2) is 11.2. The molecule has 3 rings (SSSR count). The molecule has 0 radical (unpaired) electrons. The Hall–Kier alpha value is -2.77. The third kappa shape index (κ3) is 5.72. The summed E-state index contributed by atoms with van der Waals surface area (Å²) in [7, 11) is 1.60. The van der Waals surface area contributed by atoms with Gasteiger partial charge in [-0.15, -0.1) is 6.58 Å². The van der Waals surface area contributed by atoms with Crippen molar-refractivity contribution in [2.45, 2.75) is 20.3 Å². The second-order valence-electron chi connectivity index (χ2n) is 7.24. The number of thiocarbonyl (C=S) groups is 1. The predicted octanol–water partition coefficient (Wildman–Crippen LogP) is 5.55. The number of benzene rings is 2. The lowest BCUT2D eigenvalue weighted by Gasteiger charge is -2.13. The van der Waals surface area contributed by atoms with E-state index >= 15 is 0 Å². The predicted molar refractivity (Wildman–Crippen MR) is 135 cm³/mol.